The van der Waals surface area contributed by atoms with Gasteiger partial charge in [0.15, 0.2) is 0 Å². The molecule has 0 saturated carbocycles. The minimum absolute atomic E-state index is 0.481. The molecule has 252 valence electrons. The van der Waals surface area contributed by atoms with Crippen LogP contribution >= 0.6 is 0 Å². The number of nitrogen functional groups attached to an aromatic ring is 1. The minimum Gasteiger partial charge on any atom is -0.491 e. The Bertz CT molecular complexity index is 668. The Hall–Kier alpha value is -1.54. The van der Waals surface area contributed by atoms with E-state index < -0.39 is 0 Å². The predicted molar refractivity (Wildman–Crippen MR) is 167 cm³/mol. The fourth-order valence-corrected chi connectivity index (χ4v) is 3.63. The largest absolute Gasteiger partial charge is 0.491 e. The van der Waals surface area contributed by atoms with Crippen LogP contribution in [0.25, 0.3) is 0 Å². The van der Waals surface area contributed by atoms with E-state index in [2.05, 4.69) is 6.92 Å². The van der Waals surface area contributed by atoms with E-state index in [1.807, 2.05) is 12.1 Å². The van der Waals surface area contributed by atoms with Crippen LogP contribution < -0.4 is 10.5 Å². The van der Waals surface area contributed by atoms with E-state index in [-0.39, 0.29) is 0 Å². The molecule has 43 heavy (non-hydrogen) atoms. The van der Waals surface area contributed by atoms with Gasteiger partial charge in [0.05, 0.1) is 112 Å². The van der Waals surface area contributed by atoms with E-state index in [1.165, 1.54) is 32.1 Å². The van der Waals surface area contributed by atoms with Crippen molar-refractivity contribution in [3.63, 3.8) is 0 Å². The summed E-state index contributed by atoms with van der Waals surface area (Å²) < 4.78 is 55.0. The Morgan fingerprint density at radius 1 is 0.372 bits per heavy atom. The Balaban J connectivity index is 1.62. The second-order valence-corrected chi connectivity index (χ2v) is 9.70. The van der Waals surface area contributed by atoms with Crippen LogP contribution in [0.2, 0.25) is 0 Å². The maximum absolute atomic E-state index is 5.64. The van der Waals surface area contributed by atoms with Gasteiger partial charge in [0.2, 0.25) is 0 Å². The number of hydrogen-bond acceptors (Lipinski definition) is 11. The van der Waals surface area contributed by atoms with Gasteiger partial charge in [-0.15, -0.1) is 0 Å². The molecule has 11 heteroatoms. The van der Waals surface area contributed by atoms with Crippen LogP contribution in [0.1, 0.15) is 45.4 Å². The Morgan fingerprint density at radius 2 is 0.674 bits per heavy atom. The average molecular weight is 618 g/mol. The number of ether oxygens (including phenoxy) is 10. The molecular weight excluding hydrogens is 558 g/mol. The highest BCUT2D eigenvalue weighted by molar-refractivity contribution is 5.41. The SMILES string of the molecule is CCCCCCCCOCCOCCOCCOCCOCCOCCOCCOCCOCCOc1ccc(N)cc1. The number of nitrogens with two attached hydrogens (primary N) is 1. The van der Waals surface area contributed by atoms with Gasteiger partial charge in [0, 0.05) is 12.3 Å². The van der Waals surface area contributed by atoms with Gasteiger partial charge in [0.25, 0.3) is 0 Å². The Kier molecular flexibility index (Phi) is 30.6. The first kappa shape index (κ1) is 39.5. The smallest absolute Gasteiger partial charge is 0.119 e. The molecule has 1 aromatic rings. The van der Waals surface area contributed by atoms with Gasteiger partial charge in [0.1, 0.15) is 12.4 Å². The maximum atomic E-state index is 5.64. The summed E-state index contributed by atoms with van der Waals surface area (Å²) in [6.45, 7) is 12.7. The zero-order valence-electron chi connectivity index (χ0n) is 26.6. The van der Waals surface area contributed by atoms with Crippen LogP contribution in [-0.4, -0.2) is 126 Å². The molecule has 0 aliphatic carbocycles. The van der Waals surface area contributed by atoms with Gasteiger partial charge in [-0.2, -0.15) is 0 Å². The van der Waals surface area contributed by atoms with Crippen molar-refractivity contribution in [3.05, 3.63) is 24.3 Å². The quantitative estimate of drug-likeness (QED) is 0.0874. The lowest BCUT2D eigenvalue weighted by Gasteiger charge is -2.09. The first-order chi connectivity index (χ1) is 21.3. The van der Waals surface area contributed by atoms with Gasteiger partial charge >= 0.3 is 0 Å². The van der Waals surface area contributed by atoms with Crippen LogP contribution in [0.15, 0.2) is 24.3 Å². The third-order valence-corrected chi connectivity index (χ3v) is 5.99. The lowest BCUT2D eigenvalue weighted by molar-refractivity contribution is -0.0254. The molecule has 0 radical (unpaired) electrons. The first-order valence-electron chi connectivity index (χ1n) is 16.0. The molecule has 0 atom stereocenters. The molecule has 11 nitrogen and oxygen atoms in total. The zero-order chi connectivity index (χ0) is 30.7. The van der Waals surface area contributed by atoms with E-state index in [0.29, 0.717) is 125 Å². The zero-order valence-corrected chi connectivity index (χ0v) is 26.6. The highest BCUT2D eigenvalue weighted by Crippen LogP contribution is 2.12. The molecule has 0 aliphatic rings. The molecule has 0 spiro atoms. The van der Waals surface area contributed by atoms with Gasteiger partial charge in [-0.25, -0.2) is 0 Å². The molecule has 1 aromatic carbocycles. The van der Waals surface area contributed by atoms with E-state index in [1.54, 1.807) is 12.1 Å². The molecule has 0 bridgehead atoms. The minimum atomic E-state index is 0.481. The van der Waals surface area contributed by atoms with E-state index in [9.17, 15) is 0 Å². The molecule has 0 aromatic heterocycles. The van der Waals surface area contributed by atoms with Crippen molar-refractivity contribution in [2.24, 2.45) is 0 Å². The second kappa shape index (κ2) is 33.4. The van der Waals surface area contributed by atoms with Crippen molar-refractivity contribution in [3.8, 4) is 5.75 Å². The van der Waals surface area contributed by atoms with Crippen molar-refractivity contribution in [1.29, 1.82) is 0 Å². The molecule has 0 saturated heterocycles. The van der Waals surface area contributed by atoms with Crippen molar-refractivity contribution < 1.29 is 47.4 Å². The molecule has 1 rings (SSSR count). The number of anilines is 1. The monoisotopic (exact) mass is 617 g/mol. The van der Waals surface area contributed by atoms with Gasteiger partial charge in [-0.3, -0.25) is 0 Å². The summed E-state index contributed by atoms with van der Waals surface area (Å²) in [6, 6.07) is 7.28. The third kappa shape index (κ3) is 30.3. The summed E-state index contributed by atoms with van der Waals surface area (Å²) in [5.41, 5.74) is 6.35. The van der Waals surface area contributed by atoms with Crippen molar-refractivity contribution >= 4 is 5.69 Å². The van der Waals surface area contributed by atoms with Crippen LogP contribution in [0.4, 0.5) is 5.69 Å². The van der Waals surface area contributed by atoms with Crippen molar-refractivity contribution in [2.45, 2.75) is 45.4 Å². The third-order valence-electron chi connectivity index (χ3n) is 5.99. The number of rotatable bonds is 35. The number of unbranched alkanes of at least 4 members (excludes halogenated alkanes) is 5. The fourth-order valence-electron chi connectivity index (χ4n) is 3.63. The maximum Gasteiger partial charge on any atom is 0.119 e. The van der Waals surface area contributed by atoms with Gasteiger partial charge in [-0.05, 0) is 30.7 Å². The predicted octanol–water partition coefficient (Wildman–Crippen LogP) is 4.16. The normalized spacial score (nSPS) is 11.4. The number of hydrogen-bond donors (Lipinski definition) is 1. The fraction of sp³-hybridized carbons (Fsp3) is 0.812. The summed E-state index contributed by atoms with van der Waals surface area (Å²) in [5.74, 6) is 0.776. The van der Waals surface area contributed by atoms with Crippen molar-refractivity contribution in [1.82, 2.24) is 0 Å². The molecule has 0 aliphatic heterocycles. The average Bonchev–Trinajstić information content (AvgIpc) is 3.02. The second-order valence-electron chi connectivity index (χ2n) is 9.70. The van der Waals surface area contributed by atoms with Crippen molar-refractivity contribution in [2.75, 3.05) is 131 Å². The molecular formula is C32H59NO10. The van der Waals surface area contributed by atoms with E-state index >= 15 is 0 Å². The first-order valence-corrected chi connectivity index (χ1v) is 16.0. The summed E-state index contributed by atoms with van der Waals surface area (Å²) in [7, 11) is 0. The van der Waals surface area contributed by atoms with Gasteiger partial charge < -0.3 is 53.1 Å². The van der Waals surface area contributed by atoms with Crippen LogP contribution in [0.5, 0.6) is 5.75 Å². The van der Waals surface area contributed by atoms with E-state index in [0.717, 1.165) is 18.8 Å². The highest BCUT2D eigenvalue weighted by atomic mass is 16.6. The Labute approximate surface area is 259 Å². The molecule has 0 unspecified atom stereocenters. The van der Waals surface area contributed by atoms with Crippen LogP contribution in [0, 0.1) is 0 Å². The summed E-state index contributed by atoms with van der Waals surface area (Å²) >= 11 is 0. The van der Waals surface area contributed by atoms with Gasteiger partial charge in [-0.1, -0.05) is 39.0 Å². The van der Waals surface area contributed by atoms with E-state index in [4.69, 9.17) is 53.1 Å². The van der Waals surface area contributed by atoms with Crippen LogP contribution in [-0.2, 0) is 42.6 Å². The number of benzene rings is 1. The standard InChI is InChI=1S/C32H59NO10/c1-2-3-4-5-6-7-12-34-13-14-35-15-16-36-17-18-37-19-20-38-21-22-39-23-24-40-25-26-41-27-28-42-29-30-43-32-10-8-31(33)9-11-32/h8-11H,2-7,12-30,33H2,1H3. The summed E-state index contributed by atoms with van der Waals surface area (Å²) in [4.78, 5) is 0. The molecule has 0 heterocycles. The lowest BCUT2D eigenvalue weighted by atomic mass is 10.1. The lowest BCUT2D eigenvalue weighted by Crippen LogP contribution is -2.15. The summed E-state index contributed by atoms with van der Waals surface area (Å²) in [5, 5.41) is 0. The molecule has 0 amide bonds. The molecule has 0 fully saturated rings. The highest BCUT2D eigenvalue weighted by Gasteiger charge is 1.97. The summed E-state index contributed by atoms with van der Waals surface area (Å²) in [6.07, 6.45) is 7.69. The topological polar surface area (TPSA) is 118 Å². The Morgan fingerprint density at radius 3 is 1.05 bits per heavy atom. The van der Waals surface area contributed by atoms with Crippen LogP contribution in [0.3, 0.4) is 0 Å². The molecule has 2 N–H and O–H groups in total.